The molecule has 1 aliphatic heterocycles. The predicted octanol–water partition coefficient (Wildman–Crippen LogP) is 1.19. The number of nitrogens with zero attached hydrogens (tertiary/aromatic N) is 2. The van der Waals surface area contributed by atoms with Crippen LogP contribution < -0.4 is 11.0 Å². The Morgan fingerprint density at radius 2 is 2.12 bits per heavy atom. The van der Waals surface area contributed by atoms with Gasteiger partial charge in [0.2, 0.25) is 11.5 Å². The summed E-state index contributed by atoms with van der Waals surface area (Å²) < 4.78 is 5.61. The molecule has 3 aromatic rings. The Labute approximate surface area is 139 Å². The quantitative estimate of drug-likeness (QED) is 0.683. The molecule has 120 valence electrons. The van der Waals surface area contributed by atoms with E-state index in [9.17, 15) is 9.59 Å². The average molecular weight is 321 g/mol. The number of fused-ring (bicyclic) bond motifs is 3. The lowest BCUT2D eigenvalue weighted by molar-refractivity contribution is -0.129. The maximum atomic E-state index is 12.4. The van der Waals surface area contributed by atoms with Gasteiger partial charge in [0.25, 0.3) is 5.56 Å². The van der Waals surface area contributed by atoms with E-state index in [1.54, 1.807) is 25.1 Å². The molecule has 6 nitrogen and oxygen atoms in total. The number of H-pyrrole nitrogens is 1. The van der Waals surface area contributed by atoms with E-state index in [1.165, 1.54) is 0 Å². The fourth-order valence-electron chi connectivity index (χ4n) is 3.35. The summed E-state index contributed by atoms with van der Waals surface area (Å²) in [5, 5.41) is 0.749. The van der Waals surface area contributed by atoms with Crippen LogP contribution in [0.15, 0.2) is 27.4 Å². The molecule has 3 heterocycles. The van der Waals surface area contributed by atoms with Crippen LogP contribution in [-0.4, -0.2) is 41.7 Å². The molecule has 0 unspecified atom stereocenters. The first-order chi connectivity index (χ1) is 11.5. The molecular weight excluding hydrogens is 305 g/mol. The number of likely N-dealkylation sites (tertiary alicyclic amines) is 1. The monoisotopic (exact) mass is 321 g/mol. The fraction of sp³-hybridized carbons (Fsp3) is 0.353. The summed E-state index contributed by atoms with van der Waals surface area (Å²) in [6.45, 7) is 2.94. The van der Waals surface area contributed by atoms with Crippen LogP contribution in [0.1, 0.15) is 31.5 Å². The van der Waals surface area contributed by atoms with Crippen molar-refractivity contribution >= 4 is 41.3 Å². The van der Waals surface area contributed by atoms with Crippen LogP contribution in [0.2, 0.25) is 0 Å². The van der Waals surface area contributed by atoms with Crippen LogP contribution in [0.25, 0.3) is 22.1 Å². The second-order valence-electron chi connectivity index (χ2n) is 6.27. The predicted molar refractivity (Wildman–Crippen MR) is 91.8 cm³/mol. The molecule has 2 aromatic heterocycles. The van der Waals surface area contributed by atoms with Crippen molar-refractivity contribution in [3.8, 4) is 0 Å². The Balaban J connectivity index is 1.77. The molecular formula is C17H16BN3O3. The van der Waals surface area contributed by atoms with Crippen molar-refractivity contribution in [2.75, 3.05) is 13.1 Å². The molecule has 1 aromatic carbocycles. The third kappa shape index (κ3) is 2.40. The number of aromatic amines is 1. The molecule has 24 heavy (non-hydrogen) atoms. The summed E-state index contributed by atoms with van der Waals surface area (Å²) in [7, 11) is 5.84. The lowest BCUT2D eigenvalue weighted by atomic mass is 9.94. The van der Waals surface area contributed by atoms with Crippen LogP contribution in [0.4, 0.5) is 0 Å². The zero-order valence-corrected chi connectivity index (χ0v) is 13.3. The molecule has 7 heteroatoms. The number of rotatable bonds is 1. The van der Waals surface area contributed by atoms with Crippen molar-refractivity contribution in [2.45, 2.75) is 25.7 Å². The Morgan fingerprint density at radius 1 is 1.38 bits per heavy atom. The van der Waals surface area contributed by atoms with E-state index in [0.29, 0.717) is 35.5 Å². The number of furan rings is 1. The summed E-state index contributed by atoms with van der Waals surface area (Å²) in [5.41, 5.74) is 1.69. The molecule has 0 spiro atoms. The number of piperidine rings is 1. The van der Waals surface area contributed by atoms with Crippen LogP contribution in [0.3, 0.4) is 0 Å². The summed E-state index contributed by atoms with van der Waals surface area (Å²) in [6, 6.07) is 5.25. The van der Waals surface area contributed by atoms with Gasteiger partial charge < -0.3 is 14.3 Å². The van der Waals surface area contributed by atoms with Gasteiger partial charge in [-0.15, -0.1) is 0 Å². The van der Waals surface area contributed by atoms with Crippen molar-refractivity contribution in [3.05, 3.63) is 34.4 Å². The highest BCUT2D eigenvalue weighted by Gasteiger charge is 2.25. The minimum Gasteiger partial charge on any atom is -0.449 e. The van der Waals surface area contributed by atoms with Crippen molar-refractivity contribution in [3.63, 3.8) is 0 Å². The first-order valence-electron chi connectivity index (χ1n) is 8.00. The van der Waals surface area contributed by atoms with Gasteiger partial charge in [-0.3, -0.25) is 9.59 Å². The second-order valence-corrected chi connectivity index (χ2v) is 6.27. The van der Waals surface area contributed by atoms with E-state index < -0.39 is 0 Å². The molecule has 1 aliphatic rings. The number of carbonyl (C=O) groups is 1. The lowest BCUT2D eigenvalue weighted by Gasteiger charge is -2.30. The molecule has 0 saturated carbocycles. The Kier molecular flexibility index (Phi) is 3.44. The number of hydrogen-bond acceptors (Lipinski definition) is 4. The highest BCUT2D eigenvalue weighted by Crippen LogP contribution is 2.28. The lowest BCUT2D eigenvalue weighted by Crippen LogP contribution is -2.37. The number of nitrogens with one attached hydrogen (secondary N) is 1. The van der Waals surface area contributed by atoms with Gasteiger partial charge in [-0.1, -0.05) is 17.6 Å². The molecule has 2 radical (unpaired) electrons. The van der Waals surface area contributed by atoms with E-state index in [-0.39, 0.29) is 23.0 Å². The minimum absolute atomic E-state index is 0.0849. The van der Waals surface area contributed by atoms with Gasteiger partial charge in [-0.25, -0.2) is 4.98 Å². The van der Waals surface area contributed by atoms with E-state index in [1.807, 2.05) is 4.90 Å². The second kappa shape index (κ2) is 5.51. The van der Waals surface area contributed by atoms with Crippen LogP contribution >= 0.6 is 0 Å². The molecule has 0 bridgehead atoms. The third-order valence-corrected chi connectivity index (χ3v) is 4.69. The van der Waals surface area contributed by atoms with Crippen molar-refractivity contribution in [1.29, 1.82) is 0 Å². The summed E-state index contributed by atoms with van der Waals surface area (Å²) in [6.07, 6.45) is 1.57. The van der Waals surface area contributed by atoms with E-state index in [0.717, 1.165) is 18.2 Å². The number of aromatic nitrogens is 2. The standard InChI is InChI=1S/C17H16BN3O3/c1-9(22)21-6-4-10(5-7-21)16-19-14-12-8-11(18)2-3-13(12)24-15(14)17(23)20-16/h2-3,8,10H,4-7H2,1H3,(H,19,20,23). The highest BCUT2D eigenvalue weighted by molar-refractivity contribution is 6.33. The molecule has 0 aliphatic carbocycles. The van der Waals surface area contributed by atoms with Crippen molar-refractivity contribution in [2.24, 2.45) is 0 Å². The SMILES string of the molecule is [B]c1ccc2oc3c(=O)[nH]c(C4CCN(C(C)=O)CC4)nc3c2c1. The van der Waals surface area contributed by atoms with Gasteiger partial charge in [0.1, 0.15) is 24.8 Å². The van der Waals surface area contributed by atoms with E-state index in [2.05, 4.69) is 9.97 Å². The third-order valence-electron chi connectivity index (χ3n) is 4.69. The van der Waals surface area contributed by atoms with Crippen LogP contribution in [0, 0.1) is 0 Å². The molecule has 1 N–H and O–H groups in total. The van der Waals surface area contributed by atoms with E-state index >= 15 is 0 Å². The first kappa shape index (κ1) is 15.0. The van der Waals surface area contributed by atoms with Gasteiger partial charge in [0, 0.05) is 31.3 Å². The minimum atomic E-state index is -0.279. The Bertz CT molecular complexity index is 999. The molecule has 4 rings (SSSR count). The first-order valence-corrected chi connectivity index (χ1v) is 8.00. The topological polar surface area (TPSA) is 79.2 Å². The van der Waals surface area contributed by atoms with E-state index in [4.69, 9.17) is 12.3 Å². The summed E-state index contributed by atoms with van der Waals surface area (Å²) >= 11 is 0. The fourth-order valence-corrected chi connectivity index (χ4v) is 3.35. The molecule has 1 fully saturated rings. The van der Waals surface area contributed by atoms with Crippen molar-refractivity contribution < 1.29 is 9.21 Å². The Hall–Kier alpha value is -2.57. The number of carbonyl (C=O) groups excluding carboxylic acids is 1. The largest absolute Gasteiger partial charge is 0.449 e. The summed E-state index contributed by atoms with van der Waals surface area (Å²) in [5.74, 6) is 0.867. The van der Waals surface area contributed by atoms with Gasteiger partial charge in [-0.05, 0) is 18.9 Å². The zero-order valence-electron chi connectivity index (χ0n) is 13.3. The zero-order chi connectivity index (χ0) is 16.8. The smallest absolute Gasteiger partial charge is 0.294 e. The number of amides is 1. The highest BCUT2D eigenvalue weighted by atomic mass is 16.3. The maximum Gasteiger partial charge on any atom is 0.294 e. The van der Waals surface area contributed by atoms with Gasteiger partial charge >= 0.3 is 0 Å². The van der Waals surface area contributed by atoms with Crippen LogP contribution in [0.5, 0.6) is 0 Å². The maximum absolute atomic E-state index is 12.4. The molecule has 1 saturated heterocycles. The normalized spacial score (nSPS) is 16.1. The molecule has 1 amide bonds. The summed E-state index contributed by atoms with van der Waals surface area (Å²) in [4.78, 5) is 33.1. The number of hydrogen-bond donors (Lipinski definition) is 1. The van der Waals surface area contributed by atoms with Gasteiger partial charge in [-0.2, -0.15) is 0 Å². The van der Waals surface area contributed by atoms with Crippen LogP contribution in [-0.2, 0) is 4.79 Å². The Morgan fingerprint density at radius 3 is 2.83 bits per heavy atom. The average Bonchev–Trinajstić information content (AvgIpc) is 2.93. The van der Waals surface area contributed by atoms with Gasteiger partial charge in [0.15, 0.2) is 0 Å². The molecule has 0 atom stereocenters. The van der Waals surface area contributed by atoms with Crippen molar-refractivity contribution in [1.82, 2.24) is 14.9 Å². The van der Waals surface area contributed by atoms with Gasteiger partial charge in [0.05, 0.1) is 0 Å². The number of benzene rings is 1.